The summed E-state index contributed by atoms with van der Waals surface area (Å²) in [5.74, 6) is 0.393. The Morgan fingerprint density at radius 2 is 2.07 bits per heavy atom. The summed E-state index contributed by atoms with van der Waals surface area (Å²) < 4.78 is 32.9. The number of ether oxygens (including phenoxy) is 1. The molecule has 9 nitrogen and oxygen atoms in total. The fourth-order valence-corrected chi connectivity index (χ4v) is 3.97. The van der Waals surface area contributed by atoms with Gasteiger partial charge in [0.25, 0.3) is 0 Å². The molecule has 4 rings (SSSR count). The molecule has 1 atom stereocenters. The monoisotopic (exact) mass is 436 g/mol. The Labute approximate surface area is 173 Å². The molecule has 1 unspecified atom stereocenters. The number of hydrogen-bond acceptors (Lipinski definition) is 7. The van der Waals surface area contributed by atoms with Gasteiger partial charge in [-0.25, -0.2) is 13.4 Å². The maximum absolute atomic E-state index is 12.0. The second kappa shape index (κ2) is 7.77. The highest BCUT2D eigenvalue weighted by molar-refractivity contribution is 7.92. The molecule has 3 aromatic rings. The maximum atomic E-state index is 12.0. The first-order valence-corrected chi connectivity index (χ1v) is 11.4. The van der Waals surface area contributed by atoms with Gasteiger partial charge in [-0.2, -0.15) is 9.97 Å². The van der Waals surface area contributed by atoms with Gasteiger partial charge in [0.05, 0.1) is 24.0 Å². The Morgan fingerprint density at radius 3 is 2.79 bits per heavy atom. The third-order valence-electron chi connectivity index (χ3n) is 4.85. The number of halogens is 1. The summed E-state index contributed by atoms with van der Waals surface area (Å²) in [5, 5.41) is 3.23. The second-order valence-corrected chi connectivity index (χ2v) is 9.21. The van der Waals surface area contributed by atoms with Crippen molar-refractivity contribution in [1.82, 2.24) is 19.5 Å². The number of benzene rings is 1. The van der Waals surface area contributed by atoms with Gasteiger partial charge in [0, 0.05) is 13.7 Å². The topological polar surface area (TPSA) is 102 Å². The lowest BCUT2D eigenvalue weighted by Gasteiger charge is -2.23. The molecule has 1 aliphatic rings. The number of para-hydroxylation sites is 2. The van der Waals surface area contributed by atoms with Crippen LogP contribution in [0.2, 0.25) is 5.28 Å². The summed E-state index contributed by atoms with van der Waals surface area (Å²) in [6.45, 7) is 0.694. The molecule has 1 aliphatic heterocycles. The second-order valence-electron chi connectivity index (χ2n) is 6.86. The molecule has 1 aromatic carbocycles. The SMILES string of the molecule is CN(c1ccccc1Nc1nc(Cl)nc2c1ncn2C1CCCCO1)S(C)(=O)=O. The van der Waals surface area contributed by atoms with Gasteiger partial charge in [0.2, 0.25) is 15.3 Å². The predicted molar refractivity (Wildman–Crippen MR) is 112 cm³/mol. The minimum Gasteiger partial charge on any atom is -0.358 e. The van der Waals surface area contributed by atoms with Crippen molar-refractivity contribution in [2.75, 3.05) is 29.5 Å². The molecule has 29 heavy (non-hydrogen) atoms. The first kappa shape index (κ1) is 19.9. The number of fused-ring (bicyclic) bond motifs is 1. The number of sulfonamides is 1. The summed E-state index contributed by atoms with van der Waals surface area (Å²) in [4.78, 5) is 13.1. The van der Waals surface area contributed by atoms with Crippen molar-refractivity contribution in [2.24, 2.45) is 0 Å². The van der Waals surface area contributed by atoms with Crippen LogP contribution in [0.3, 0.4) is 0 Å². The van der Waals surface area contributed by atoms with Crippen molar-refractivity contribution in [1.29, 1.82) is 0 Å². The highest BCUT2D eigenvalue weighted by Gasteiger charge is 2.22. The minimum atomic E-state index is -3.43. The lowest BCUT2D eigenvalue weighted by atomic mass is 10.2. The first-order chi connectivity index (χ1) is 13.8. The molecule has 1 fully saturated rings. The Hall–Kier alpha value is -2.43. The molecule has 3 heterocycles. The Kier molecular flexibility index (Phi) is 5.32. The zero-order valence-electron chi connectivity index (χ0n) is 16.0. The summed E-state index contributed by atoms with van der Waals surface area (Å²) in [6, 6.07) is 7.04. The normalized spacial score (nSPS) is 17.4. The third-order valence-corrected chi connectivity index (χ3v) is 6.21. The summed E-state index contributed by atoms with van der Waals surface area (Å²) in [7, 11) is -1.94. The van der Waals surface area contributed by atoms with Crippen LogP contribution in [0.5, 0.6) is 0 Å². The van der Waals surface area contributed by atoms with E-state index >= 15 is 0 Å². The van der Waals surface area contributed by atoms with Crippen LogP contribution in [0, 0.1) is 0 Å². The minimum absolute atomic E-state index is 0.0616. The van der Waals surface area contributed by atoms with E-state index in [0.29, 0.717) is 35.0 Å². The molecule has 0 radical (unpaired) electrons. The number of imidazole rings is 1. The first-order valence-electron chi connectivity index (χ1n) is 9.16. The maximum Gasteiger partial charge on any atom is 0.232 e. The number of hydrogen-bond donors (Lipinski definition) is 1. The summed E-state index contributed by atoms with van der Waals surface area (Å²) in [6.07, 6.45) is 5.66. The van der Waals surface area contributed by atoms with E-state index in [1.807, 2.05) is 4.57 Å². The third kappa shape index (κ3) is 4.00. The van der Waals surface area contributed by atoms with Gasteiger partial charge < -0.3 is 10.1 Å². The molecule has 11 heteroatoms. The molecule has 2 aromatic heterocycles. The van der Waals surface area contributed by atoms with Crippen LogP contribution in [-0.4, -0.2) is 47.8 Å². The fraction of sp³-hybridized carbons (Fsp3) is 0.389. The molecule has 0 bridgehead atoms. The predicted octanol–water partition coefficient (Wildman–Crippen LogP) is 3.32. The Bertz CT molecular complexity index is 1140. The van der Waals surface area contributed by atoms with Gasteiger partial charge in [-0.15, -0.1) is 0 Å². The molecule has 1 saturated heterocycles. The van der Waals surface area contributed by atoms with Crippen molar-refractivity contribution in [3.63, 3.8) is 0 Å². The average molecular weight is 437 g/mol. The standard InChI is InChI=1S/C18H21ClN6O3S/c1-24(29(2,26)27)13-8-4-3-7-12(13)21-16-15-17(23-18(19)22-16)25(11-20-15)14-9-5-6-10-28-14/h3-4,7-8,11,14H,5-6,9-10H2,1-2H3,(H,21,22,23). The van der Waals surface area contributed by atoms with Gasteiger partial charge in [-0.3, -0.25) is 8.87 Å². The van der Waals surface area contributed by atoms with Gasteiger partial charge in [0.15, 0.2) is 17.0 Å². The van der Waals surface area contributed by atoms with Crippen LogP contribution in [0.1, 0.15) is 25.5 Å². The molecule has 0 aliphatic carbocycles. The van der Waals surface area contributed by atoms with Crippen molar-refractivity contribution in [3.8, 4) is 0 Å². The quantitative estimate of drug-likeness (QED) is 0.612. The Balaban J connectivity index is 1.76. The van der Waals surface area contributed by atoms with E-state index in [0.717, 1.165) is 25.5 Å². The van der Waals surface area contributed by atoms with E-state index in [1.54, 1.807) is 30.6 Å². The van der Waals surface area contributed by atoms with Crippen molar-refractivity contribution < 1.29 is 13.2 Å². The van der Waals surface area contributed by atoms with E-state index in [2.05, 4.69) is 20.3 Å². The van der Waals surface area contributed by atoms with Crippen molar-refractivity contribution in [3.05, 3.63) is 35.9 Å². The molecule has 154 valence electrons. The van der Waals surface area contributed by atoms with Crippen LogP contribution in [-0.2, 0) is 14.8 Å². The fourth-order valence-electron chi connectivity index (χ4n) is 3.29. The van der Waals surface area contributed by atoms with Crippen molar-refractivity contribution in [2.45, 2.75) is 25.5 Å². The summed E-state index contributed by atoms with van der Waals surface area (Å²) >= 11 is 6.18. The van der Waals surface area contributed by atoms with E-state index in [-0.39, 0.29) is 11.5 Å². The average Bonchev–Trinajstić information content (AvgIpc) is 3.12. The van der Waals surface area contributed by atoms with E-state index in [1.165, 1.54) is 11.4 Å². The zero-order valence-corrected chi connectivity index (χ0v) is 17.6. The van der Waals surface area contributed by atoms with Gasteiger partial charge in [0.1, 0.15) is 6.23 Å². The lowest BCUT2D eigenvalue weighted by molar-refractivity contribution is -0.0298. The highest BCUT2D eigenvalue weighted by atomic mass is 35.5. The van der Waals surface area contributed by atoms with Crippen molar-refractivity contribution >= 4 is 50.0 Å². The molecule has 0 saturated carbocycles. The number of nitrogens with one attached hydrogen (secondary N) is 1. The van der Waals surface area contributed by atoms with E-state index in [9.17, 15) is 8.42 Å². The number of anilines is 3. The van der Waals surface area contributed by atoms with E-state index < -0.39 is 10.0 Å². The van der Waals surface area contributed by atoms with Crippen LogP contribution >= 0.6 is 11.6 Å². The number of rotatable bonds is 5. The van der Waals surface area contributed by atoms with Crippen LogP contribution in [0.15, 0.2) is 30.6 Å². The molecular weight excluding hydrogens is 416 g/mol. The van der Waals surface area contributed by atoms with Gasteiger partial charge in [-0.1, -0.05) is 12.1 Å². The number of nitrogens with zero attached hydrogens (tertiary/aromatic N) is 5. The van der Waals surface area contributed by atoms with Gasteiger partial charge >= 0.3 is 0 Å². The molecule has 0 amide bonds. The van der Waals surface area contributed by atoms with Crippen LogP contribution in [0.25, 0.3) is 11.2 Å². The molecular formula is C18H21ClN6O3S. The smallest absolute Gasteiger partial charge is 0.232 e. The summed E-state index contributed by atoms with van der Waals surface area (Å²) in [5.41, 5.74) is 2.13. The largest absolute Gasteiger partial charge is 0.358 e. The molecule has 0 spiro atoms. The number of aromatic nitrogens is 4. The van der Waals surface area contributed by atoms with Crippen LogP contribution in [0.4, 0.5) is 17.2 Å². The lowest BCUT2D eigenvalue weighted by Crippen LogP contribution is -2.25. The van der Waals surface area contributed by atoms with E-state index in [4.69, 9.17) is 16.3 Å². The van der Waals surface area contributed by atoms with Crippen LogP contribution < -0.4 is 9.62 Å². The Morgan fingerprint density at radius 1 is 1.28 bits per heavy atom. The highest BCUT2D eigenvalue weighted by Crippen LogP contribution is 2.33. The molecule has 1 N–H and O–H groups in total. The zero-order chi connectivity index (χ0) is 20.6. The van der Waals surface area contributed by atoms with Gasteiger partial charge in [-0.05, 0) is 43.0 Å².